The largest absolute Gasteiger partial charge is 0.468 e. The van der Waals surface area contributed by atoms with E-state index in [4.69, 9.17) is 9.47 Å². The Balaban J connectivity index is 2.40. The molecule has 1 rings (SSSR count). The summed E-state index contributed by atoms with van der Waals surface area (Å²) < 4.78 is 10.3. The molecule has 3 unspecified atom stereocenters. The molecule has 3 atom stereocenters. The second-order valence-corrected chi connectivity index (χ2v) is 5.73. The summed E-state index contributed by atoms with van der Waals surface area (Å²) >= 11 is 0. The van der Waals surface area contributed by atoms with Crippen LogP contribution in [0.5, 0.6) is 0 Å². The third-order valence-corrected chi connectivity index (χ3v) is 3.32. The number of ether oxygens (including phenoxy) is 2. The van der Waals surface area contributed by atoms with E-state index in [0.29, 0.717) is 12.0 Å². The first-order valence-electron chi connectivity index (χ1n) is 7.18. The van der Waals surface area contributed by atoms with Crippen LogP contribution in [0, 0.1) is 5.92 Å². The molecule has 112 valence electrons. The average Bonchev–Trinajstić information content (AvgIpc) is 2.37. The Morgan fingerprint density at radius 3 is 2.74 bits per heavy atom. The van der Waals surface area contributed by atoms with Gasteiger partial charge in [0.25, 0.3) is 0 Å². The fourth-order valence-electron chi connectivity index (χ4n) is 2.46. The predicted molar refractivity (Wildman–Crippen MR) is 75.1 cm³/mol. The Kier molecular flexibility index (Phi) is 7.34. The van der Waals surface area contributed by atoms with E-state index in [1.807, 2.05) is 0 Å². The highest BCUT2D eigenvalue weighted by Crippen LogP contribution is 2.09. The summed E-state index contributed by atoms with van der Waals surface area (Å²) in [5.74, 6) is 0.286. The summed E-state index contributed by atoms with van der Waals surface area (Å²) in [6.07, 6.45) is 1.75. The van der Waals surface area contributed by atoms with Gasteiger partial charge in [-0.05, 0) is 25.7 Å². The molecule has 19 heavy (non-hydrogen) atoms. The van der Waals surface area contributed by atoms with Crippen molar-refractivity contribution >= 4 is 5.97 Å². The second-order valence-electron chi connectivity index (χ2n) is 5.73. The number of hydrogen-bond donors (Lipinski definition) is 2. The third kappa shape index (κ3) is 6.36. The zero-order valence-electron chi connectivity index (χ0n) is 12.6. The minimum absolute atomic E-state index is 0.173. The first-order chi connectivity index (χ1) is 9.02. The monoisotopic (exact) mass is 272 g/mol. The quantitative estimate of drug-likeness (QED) is 0.675. The summed E-state index contributed by atoms with van der Waals surface area (Å²) in [6.45, 7) is 8.77. The van der Waals surface area contributed by atoms with E-state index in [-0.39, 0.29) is 18.1 Å². The summed E-state index contributed by atoms with van der Waals surface area (Å²) in [4.78, 5) is 11.8. The van der Waals surface area contributed by atoms with Crippen LogP contribution in [0.2, 0.25) is 0 Å². The van der Waals surface area contributed by atoms with Gasteiger partial charge in [0.05, 0.1) is 20.3 Å². The molecule has 1 aliphatic rings. The van der Waals surface area contributed by atoms with E-state index >= 15 is 0 Å². The molecule has 0 saturated carbocycles. The van der Waals surface area contributed by atoms with Gasteiger partial charge in [0, 0.05) is 18.6 Å². The maximum Gasteiger partial charge on any atom is 0.322 e. The van der Waals surface area contributed by atoms with E-state index in [1.165, 1.54) is 7.11 Å². The van der Waals surface area contributed by atoms with Gasteiger partial charge in [0.1, 0.15) is 6.04 Å². The topological polar surface area (TPSA) is 59.6 Å². The Labute approximate surface area is 116 Å². The molecule has 1 saturated heterocycles. The minimum atomic E-state index is -0.218. The number of carbonyl (C=O) groups is 1. The molecule has 0 amide bonds. The van der Waals surface area contributed by atoms with Gasteiger partial charge < -0.3 is 20.1 Å². The molecule has 2 N–H and O–H groups in total. The van der Waals surface area contributed by atoms with Crippen molar-refractivity contribution in [1.82, 2.24) is 10.6 Å². The molecule has 5 nitrogen and oxygen atoms in total. The van der Waals surface area contributed by atoms with Crippen LogP contribution in [0.1, 0.15) is 33.6 Å². The highest BCUT2D eigenvalue weighted by molar-refractivity contribution is 5.75. The fraction of sp³-hybridized carbons (Fsp3) is 0.929. The third-order valence-electron chi connectivity index (χ3n) is 3.32. The number of morpholine rings is 1. The number of rotatable bonds is 7. The molecule has 0 radical (unpaired) electrons. The predicted octanol–water partition coefficient (Wildman–Crippen LogP) is 0.931. The van der Waals surface area contributed by atoms with E-state index in [9.17, 15) is 4.79 Å². The van der Waals surface area contributed by atoms with Gasteiger partial charge in [0.2, 0.25) is 0 Å². The molecule has 5 heteroatoms. The molecule has 1 heterocycles. The lowest BCUT2D eigenvalue weighted by atomic mass is 10.0. The summed E-state index contributed by atoms with van der Waals surface area (Å²) in [6, 6.07) is 0.403. The smallest absolute Gasteiger partial charge is 0.322 e. The molecule has 0 spiro atoms. The molecular weight excluding hydrogens is 244 g/mol. The van der Waals surface area contributed by atoms with E-state index in [2.05, 4.69) is 31.4 Å². The van der Waals surface area contributed by atoms with Gasteiger partial charge in [-0.3, -0.25) is 4.79 Å². The van der Waals surface area contributed by atoms with Gasteiger partial charge >= 0.3 is 5.97 Å². The second kappa shape index (κ2) is 8.51. The number of hydrogen-bond acceptors (Lipinski definition) is 5. The van der Waals surface area contributed by atoms with E-state index in [0.717, 1.165) is 32.6 Å². The maximum absolute atomic E-state index is 11.8. The van der Waals surface area contributed by atoms with Crippen molar-refractivity contribution in [3.8, 4) is 0 Å². The lowest BCUT2D eigenvalue weighted by molar-refractivity contribution is -0.143. The summed E-state index contributed by atoms with van der Waals surface area (Å²) in [5, 5.41) is 6.80. The zero-order chi connectivity index (χ0) is 14.3. The lowest BCUT2D eigenvalue weighted by Crippen LogP contribution is -2.49. The van der Waals surface area contributed by atoms with Crippen LogP contribution in [0.4, 0.5) is 0 Å². The van der Waals surface area contributed by atoms with Crippen LogP contribution < -0.4 is 10.6 Å². The first kappa shape index (κ1) is 16.4. The van der Waals surface area contributed by atoms with Gasteiger partial charge in [-0.1, -0.05) is 13.8 Å². The van der Waals surface area contributed by atoms with Crippen molar-refractivity contribution in [3.05, 3.63) is 0 Å². The Hall–Kier alpha value is -0.650. The maximum atomic E-state index is 11.8. The van der Waals surface area contributed by atoms with Crippen molar-refractivity contribution in [2.45, 2.75) is 51.7 Å². The first-order valence-corrected chi connectivity index (χ1v) is 7.18. The zero-order valence-corrected chi connectivity index (χ0v) is 12.6. The molecule has 0 aromatic carbocycles. The van der Waals surface area contributed by atoms with Crippen LogP contribution in [-0.4, -0.2) is 51.0 Å². The van der Waals surface area contributed by atoms with Gasteiger partial charge in [-0.2, -0.15) is 0 Å². The SMILES string of the molecule is COC(=O)C(CC(C)C)NC(C)CC1COCCN1. The highest BCUT2D eigenvalue weighted by atomic mass is 16.5. The Morgan fingerprint density at radius 2 is 2.21 bits per heavy atom. The highest BCUT2D eigenvalue weighted by Gasteiger charge is 2.24. The summed E-state index contributed by atoms with van der Waals surface area (Å²) in [7, 11) is 1.44. The minimum Gasteiger partial charge on any atom is -0.468 e. The van der Waals surface area contributed by atoms with Crippen LogP contribution in [0.15, 0.2) is 0 Å². The van der Waals surface area contributed by atoms with Gasteiger partial charge in [-0.25, -0.2) is 0 Å². The molecule has 0 bridgehead atoms. The van der Waals surface area contributed by atoms with E-state index < -0.39 is 0 Å². The van der Waals surface area contributed by atoms with Crippen LogP contribution in [0.3, 0.4) is 0 Å². The van der Waals surface area contributed by atoms with Crippen molar-refractivity contribution < 1.29 is 14.3 Å². The van der Waals surface area contributed by atoms with Crippen LogP contribution >= 0.6 is 0 Å². The fourth-order valence-corrected chi connectivity index (χ4v) is 2.46. The molecule has 1 fully saturated rings. The van der Waals surface area contributed by atoms with Crippen molar-refractivity contribution in [2.24, 2.45) is 5.92 Å². The van der Waals surface area contributed by atoms with Crippen molar-refractivity contribution in [1.29, 1.82) is 0 Å². The molecule has 0 aromatic rings. The summed E-state index contributed by atoms with van der Waals surface area (Å²) in [5.41, 5.74) is 0. The average molecular weight is 272 g/mol. The van der Waals surface area contributed by atoms with Crippen molar-refractivity contribution in [2.75, 3.05) is 26.9 Å². The number of carbonyl (C=O) groups excluding carboxylic acids is 1. The normalized spacial score (nSPS) is 23.1. The Morgan fingerprint density at radius 1 is 1.47 bits per heavy atom. The van der Waals surface area contributed by atoms with Crippen LogP contribution in [0.25, 0.3) is 0 Å². The van der Waals surface area contributed by atoms with Crippen molar-refractivity contribution in [3.63, 3.8) is 0 Å². The lowest BCUT2D eigenvalue weighted by Gasteiger charge is -2.29. The van der Waals surface area contributed by atoms with Gasteiger partial charge in [0.15, 0.2) is 0 Å². The van der Waals surface area contributed by atoms with E-state index in [1.54, 1.807) is 0 Å². The molecule has 1 aliphatic heterocycles. The molecule has 0 aromatic heterocycles. The number of nitrogens with one attached hydrogen (secondary N) is 2. The van der Waals surface area contributed by atoms with Gasteiger partial charge in [-0.15, -0.1) is 0 Å². The standard InChI is InChI=1S/C14H28N2O3/c1-10(2)7-13(14(17)18-4)16-11(3)8-12-9-19-6-5-15-12/h10-13,15-16H,5-9H2,1-4H3. The Bertz CT molecular complexity index is 265. The molecule has 0 aliphatic carbocycles. The molecular formula is C14H28N2O3. The number of methoxy groups -OCH3 is 1. The van der Waals surface area contributed by atoms with Crippen LogP contribution in [-0.2, 0) is 14.3 Å². The number of esters is 1.